The zero-order chi connectivity index (χ0) is 15.6. The molecule has 1 aromatic heterocycles. The van der Waals surface area contributed by atoms with E-state index in [1.165, 1.54) is 0 Å². The number of anilines is 1. The van der Waals surface area contributed by atoms with Gasteiger partial charge >= 0.3 is 0 Å². The molecule has 0 spiro atoms. The fourth-order valence-electron chi connectivity index (χ4n) is 2.09. The number of nitrogens with one attached hydrogen (secondary N) is 2. The summed E-state index contributed by atoms with van der Waals surface area (Å²) in [6.07, 6.45) is 0. The van der Waals surface area contributed by atoms with Crippen LogP contribution in [0.5, 0.6) is 0 Å². The lowest BCUT2D eigenvalue weighted by molar-refractivity contribution is -0.122. The summed E-state index contributed by atoms with van der Waals surface area (Å²) in [5.74, 6) is 0.571. The monoisotopic (exact) mass is 286 g/mol. The van der Waals surface area contributed by atoms with E-state index in [4.69, 9.17) is 0 Å². The lowest BCUT2D eigenvalue weighted by atomic mass is 10.1. The summed E-state index contributed by atoms with van der Waals surface area (Å²) in [6.45, 7) is 9.61. The van der Waals surface area contributed by atoms with Gasteiger partial charge in [0, 0.05) is 16.3 Å². The van der Waals surface area contributed by atoms with Crippen molar-refractivity contribution in [2.45, 2.75) is 46.2 Å². The van der Waals surface area contributed by atoms with E-state index in [0.29, 0.717) is 5.82 Å². The number of fused-ring (bicyclic) bond motifs is 1. The second-order valence-corrected chi connectivity index (χ2v) is 6.28. The number of aromatic nitrogens is 2. The molecule has 1 heterocycles. The van der Waals surface area contributed by atoms with Gasteiger partial charge in [-0.2, -0.15) is 5.10 Å². The Kier molecular flexibility index (Phi) is 4.11. The standard InChI is InChI=1S/C16H22N4O/c1-10-12-8-6-7-9-13(12)14(20-19-10)17-11(2)15(21)18-16(3,4)5/h6-9,11H,1-5H3,(H,17,20)(H,18,21). The van der Waals surface area contributed by atoms with Gasteiger partial charge in [0.15, 0.2) is 5.82 Å². The van der Waals surface area contributed by atoms with Crippen molar-refractivity contribution in [2.75, 3.05) is 5.32 Å². The minimum atomic E-state index is -0.385. The van der Waals surface area contributed by atoms with Crippen LogP contribution in [0.1, 0.15) is 33.4 Å². The molecule has 0 saturated carbocycles. The number of carbonyl (C=O) groups is 1. The van der Waals surface area contributed by atoms with Crippen molar-refractivity contribution in [1.82, 2.24) is 15.5 Å². The number of hydrogen-bond acceptors (Lipinski definition) is 4. The van der Waals surface area contributed by atoms with E-state index in [1.54, 1.807) is 0 Å². The van der Waals surface area contributed by atoms with Gasteiger partial charge in [-0.15, -0.1) is 5.10 Å². The Morgan fingerprint density at radius 2 is 1.76 bits per heavy atom. The molecule has 0 aliphatic carbocycles. The first-order valence-corrected chi connectivity index (χ1v) is 7.08. The van der Waals surface area contributed by atoms with Crippen molar-refractivity contribution in [3.8, 4) is 0 Å². The molecular weight excluding hydrogens is 264 g/mol. The highest BCUT2D eigenvalue weighted by Crippen LogP contribution is 2.22. The topological polar surface area (TPSA) is 66.9 Å². The van der Waals surface area contributed by atoms with Crippen LogP contribution in [-0.2, 0) is 4.79 Å². The number of carbonyl (C=O) groups excluding carboxylic acids is 1. The van der Waals surface area contributed by atoms with Crippen LogP contribution in [-0.4, -0.2) is 27.7 Å². The van der Waals surface area contributed by atoms with Gasteiger partial charge in [-0.1, -0.05) is 24.3 Å². The second kappa shape index (κ2) is 5.68. The summed E-state index contributed by atoms with van der Waals surface area (Å²) in [7, 11) is 0. The first-order chi connectivity index (χ1) is 9.78. The predicted octanol–water partition coefficient (Wildman–Crippen LogP) is 2.65. The van der Waals surface area contributed by atoms with Gasteiger partial charge < -0.3 is 10.6 Å². The smallest absolute Gasteiger partial charge is 0.242 e. The highest BCUT2D eigenvalue weighted by atomic mass is 16.2. The minimum Gasteiger partial charge on any atom is -0.357 e. The zero-order valence-electron chi connectivity index (χ0n) is 13.2. The molecule has 5 heteroatoms. The number of amides is 1. The van der Waals surface area contributed by atoms with E-state index in [2.05, 4.69) is 20.8 Å². The van der Waals surface area contributed by atoms with E-state index >= 15 is 0 Å². The SMILES string of the molecule is Cc1nnc(NC(C)C(=O)NC(C)(C)C)c2ccccc12. The Balaban J connectivity index is 2.24. The first-order valence-electron chi connectivity index (χ1n) is 7.08. The summed E-state index contributed by atoms with van der Waals surface area (Å²) in [6, 6.07) is 7.52. The Morgan fingerprint density at radius 3 is 2.38 bits per heavy atom. The minimum absolute atomic E-state index is 0.0612. The number of hydrogen-bond donors (Lipinski definition) is 2. The summed E-state index contributed by atoms with van der Waals surface area (Å²) in [5, 5.41) is 16.4. The Morgan fingerprint density at radius 1 is 1.14 bits per heavy atom. The molecule has 112 valence electrons. The van der Waals surface area contributed by atoms with Crippen LogP contribution >= 0.6 is 0 Å². The highest BCUT2D eigenvalue weighted by Gasteiger charge is 2.20. The molecule has 2 rings (SSSR count). The van der Waals surface area contributed by atoms with Gasteiger partial charge in [0.05, 0.1) is 5.69 Å². The summed E-state index contributed by atoms with van der Waals surface area (Å²) >= 11 is 0. The van der Waals surface area contributed by atoms with Crippen LogP contribution in [0, 0.1) is 6.92 Å². The van der Waals surface area contributed by atoms with Crippen molar-refractivity contribution in [2.24, 2.45) is 0 Å². The number of benzene rings is 1. The normalized spacial score (nSPS) is 13.0. The maximum absolute atomic E-state index is 12.1. The largest absolute Gasteiger partial charge is 0.357 e. The molecule has 0 fully saturated rings. The summed E-state index contributed by atoms with van der Waals surface area (Å²) in [5.41, 5.74) is 0.622. The second-order valence-electron chi connectivity index (χ2n) is 6.28. The van der Waals surface area contributed by atoms with E-state index < -0.39 is 0 Å². The third-order valence-corrected chi connectivity index (χ3v) is 3.12. The van der Waals surface area contributed by atoms with Crippen LogP contribution in [0.15, 0.2) is 24.3 Å². The van der Waals surface area contributed by atoms with Crippen LogP contribution < -0.4 is 10.6 Å². The molecule has 0 bridgehead atoms. The zero-order valence-corrected chi connectivity index (χ0v) is 13.2. The Hall–Kier alpha value is -2.17. The average molecular weight is 286 g/mol. The molecular formula is C16H22N4O. The molecule has 5 nitrogen and oxygen atoms in total. The molecule has 1 amide bonds. The van der Waals surface area contributed by atoms with Gasteiger partial charge in [0.25, 0.3) is 0 Å². The Labute approximate surface area is 125 Å². The van der Waals surface area contributed by atoms with E-state index in [-0.39, 0.29) is 17.5 Å². The molecule has 0 aliphatic rings. The van der Waals surface area contributed by atoms with Crippen molar-refractivity contribution < 1.29 is 4.79 Å². The molecule has 1 atom stereocenters. The van der Waals surface area contributed by atoms with Gasteiger partial charge in [-0.05, 0) is 34.6 Å². The third kappa shape index (κ3) is 3.68. The van der Waals surface area contributed by atoms with E-state index in [9.17, 15) is 4.79 Å². The fourth-order valence-corrected chi connectivity index (χ4v) is 2.09. The van der Waals surface area contributed by atoms with E-state index in [0.717, 1.165) is 16.5 Å². The maximum atomic E-state index is 12.1. The summed E-state index contributed by atoms with van der Waals surface area (Å²) in [4.78, 5) is 12.1. The van der Waals surface area contributed by atoms with E-state index in [1.807, 2.05) is 58.9 Å². The lowest BCUT2D eigenvalue weighted by Gasteiger charge is -2.24. The molecule has 1 unspecified atom stereocenters. The Bertz CT molecular complexity index is 661. The molecule has 0 aliphatic heterocycles. The number of rotatable bonds is 3. The summed E-state index contributed by atoms with van der Waals surface area (Å²) < 4.78 is 0. The molecule has 2 aromatic rings. The lowest BCUT2D eigenvalue weighted by Crippen LogP contribution is -2.47. The van der Waals surface area contributed by atoms with Crippen molar-refractivity contribution >= 4 is 22.5 Å². The number of aryl methyl sites for hydroxylation is 1. The van der Waals surface area contributed by atoms with Crippen LogP contribution in [0.3, 0.4) is 0 Å². The molecule has 21 heavy (non-hydrogen) atoms. The fraction of sp³-hybridized carbons (Fsp3) is 0.438. The van der Waals surface area contributed by atoms with Gasteiger partial charge in [0.1, 0.15) is 6.04 Å². The first kappa shape index (κ1) is 15.2. The highest BCUT2D eigenvalue weighted by molar-refractivity contribution is 5.94. The molecule has 0 saturated heterocycles. The van der Waals surface area contributed by atoms with Crippen molar-refractivity contribution in [1.29, 1.82) is 0 Å². The molecule has 1 aromatic carbocycles. The average Bonchev–Trinajstić information content (AvgIpc) is 2.40. The molecule has 0 radical (unpaired) electrons. The van der Waals surface area contributed by atoms with Crippen molar-refractivity contribution in [3.05, 3.63) is 30.0 Å². The van der Waals surface area contributed by atoms with Crippen molar-refractivity contribution in [3.63, 3.8) is 0 Å². The number of nitrogens with zero attached hydrogens (tertiary/aromatic N) is 2. The quantitative estimate of drug-likeness (QED) is 0.910. The third-order valence-electron chi connectivity index (χ3n) is 3.12. The van der Waals surface area contributed by atoms with Crippen LogP contribution in [0.4, 0.5) is 5.82 Å². The predicted molar refractivity (Wildman–Crippen MR) is 85.3 cm³/mol. The van der Waals surface area contributed by atoms with Gasteiger partial charge in [0.2, 0.25) is 5.91 Å². The van der Waals surface area contributed by atoms with Gasteiger partial charge in [-0.25, -0.2) is 0 Å². The van der Waals surface area contributed by atoms with Gasteiger partial charge in [-0.3, -0.25) is 4.79 Å². The van der Waals surface area contributed by atoms with Crippen LogP contribution in [0.25, 0.3) is 10.8 Å². The molecule has 2 N–H and O–H groups in total. The maximum Gasteiger partial charge on any atom is 0.242 e. The van der Waals surface area contributed by atoms with Crippen LogP contribution in [0.2, 0.25) is 0 Å².